The summed E-state index contributed by atoms with van der Waals surface area (Å²) in [5, 5.41) is 3.22. The fourth-order valence-electron chi connectivity index (χ4n) is 2.28. The molecule has 5 nitrogen and oxygen atoms in total. The van der Waals surface area contributed by atoms with Crippen LogP contribution in [0.3, 0.4) is 0 Å². The highest BCUT2D eigenvalue weighted by Crippen LogP contribution is 2.29. The second-order valence-corrected chi connectivity index (χ2v) is 7.29. The second kappa shape index (κ2) is 7.02. The van der Waals surface area contributed by atoms with Crippen LogP contribution in [-0.4, -0.2) is 40.9 Å². The summed E-state index contributed by atoms with van der Waals surface area (Å²) in [5.74, 6) is -0.596. The number of rotatable bonds is 4. The summed E-state index contributed by atoms with van der Waals surface area (Å²) in [7, 11) is -3.28. The van der Waals surface area contributed by atoms with Gasteiger partial charge in [-0.05, 0) is 17.7 Å². The highest BCUT2D eigenvalue weighted by Gasteiger charge is 2.27. The van der Waals surface area contributed by atoms with Gasteiger partial charge in [0, 0.05) is 25.6 Å². The third-order valence-corrected chi connectivity index (χ3v) is 4.27. The van der Waals surface area contributed by atoms with Crippen LogP contribution in [0.1, 0.15) is 11.7 Å². The molecule has 2 atom stereocenters. The standard InChI is InChI=1S/C13H18ClFN2O3S/c1-21(18,19)17-8-10-7-16-4-5-20-13(10)9-2-3-12(15)11(14)6-9/h2-3,6,10,13,16-17H,4-5,7-8H2,1H3/t10-,13+/m0/s1. The molecule has 0 amide bonds. The maximum Gasteiger partial charge on any atom is 0.208 e. The summed E-state index contributed by atoms with van der Waals surface area (Å²) >= 11 is 5.81. The first-order valence-corrected chi connectivity index (χ1v) is 8.85. The van der Waals surface area contributed by atoms with Crippen LogP contribution >= 0.6 is 11.6 Å². The van der Waals surface area contributed by atoms with Gasteiger partial charge < -0.3 is 10.1 Å². The molecule has 0 aliphatic carbocycles. The summed E-state index contributed by atoms with van der Waals surface area (Å²) < 4.78 is 44.1. The van der Waals surface area contributed by atoms with Gasteiger partial charge >= 0.3 is 0 Å². The van der Waals surface area contributed by atoms with E-state index in [-0.39, 0.29) is 23.6 Å². The minimum absolute atomic E-state index is 0.0307. The van der Waals surface area contributed by atoms with Gasteiger partial charge in [0.05, 0.1) is 24.0 Å². The van der Waals surface area contributed by atoms with Crippen LogP contribution in [0.15, 0.2) is 18.2 Å². The highest BCUT2D eigenvalue weighted by atomic mass is 35.5. The molecule has 2 rings (SSSR count). The number of hydrogen-bond acceptors (Lipinski definition) is 4. The number of ether oxygens (including phenoxy) is 1. The van der Waals surface area contributed by atoms with Crippen molar-refractivity contribution in [2.75, 3.05) is 32.5 Å². The van der Waals surface area contributed by atoms with E-state index in [1.54, 1.807) is 6.07 Å². The zero-order valence-electron chi connectivity index (χ0n) is 11.6. The van der Waals surface area contributed by atoms with Crippen LogP contribution in [0.25, 0.3) is 0 Å². The molecule has 1 saturated heterocycles. The van der Waals surface area contributed by atoms with Crippen molar-refractivity contribution in [3.63, 3.8) is 0 Å². The smallest absolute Gasteiger partial charge is 0.208 e. The molecule has 21 heavy (non-hydrogen) atoms. The van der Waals surface area contributed by atoms with Crippen molar-refractivity contribution >= 4 is 21.6 Å². The van der Waals surface area contributed by atoms with Crippen LogP contribution < -0.4 is 10.0 Å². The van der Waals surface area contributed by atoms with E-state index in [9.17, 15) is 12.8 Å². The quantitative estimate of drug-likeness (QED) is 0.870. The van der Waals surface area contributed by atoms with Gasteiger partial charge in [-0.25, -0.2) is 17.5 Å². The molecule has 0 spiro atoms. The van der Waals surface area contributed by atoms with Crippen molar-refractivity contribution in [2.45, 2.75) is 6.10 Å². The molecule has 1 aliphatic heterocycles. The van der Waals surface area contributed by atoms with Crippen molar-refractivity contribution in [3.8, 4) is 0 Å². The molecule has 1 aromatic carbocycles. The fourth-order valence-corrected chi connectivity index (χ4v) is 2.99. The van der Waals surface area contributed by atoms with Crippen LogP contribution in [0, 0.1) is 11.7 Å². The summed E-state index contributed by atoms with van der Waals surface area (Å²) in [6, 6.07) is 4.44. The lowest BCUT2D eigenvalue weighted by atomic mass is 9.95. The molecule has 2 N–H and O–H groups in total. The summed E-state index contributed by atoms with van der Waals surface area (Å²) in [6.45, 7) is 2.02. The van der Waals surface area contributed by atoms with E-state index in [4.69, 9.17) is 16.3 Å². The van der Waals surface area contributed by atoms with Crippen molar-refractivity contribution in [3.05, 3.63) is 34.6 Å². The van der Waals surface area contributed by atoms with Crippen LogP contribution in [0.2, 0.25) is 5.02 Å². The van der Waals surface area contributed by atoms with Crippen molar-refractivity contribution in [1.29, 1.82) is 0 Å². The fraction of sp³-hybridized carbons (Fsp3) is 0.538. The normalized spacial score (nSPS) is 23.8. The summed E-state index contributed by atoms with van der Waals surface area (Å²) in [4.78, 5) is 0. The molecule has 1 heterocycles. The maximum absolute atomic E-state index is 13.3. The molecular formula is C13H18ClFN2O3S. The van der Waals surface area contributed by atoms with E-state index in [2.05, 4.69) is 10.0 Å². The van der Waals surface area contributed by atoms with Crippen LogP contribution in [-0.2, 0) is 14.8 Å². The lowest BCUT2D eigenvalue weighted by Gasteiger charge is -2.25. The predicted octanol–water partition coefficient (Wildman–Crippen LogP) is 1.31. The molecule has 0 aromatic heterocycles. The monoisotopic (exact) mass is 336 g/mol. The van der Waals surface area contributed by atoms with Gasteiger partial charge in [-0.15, -0.1) is 0 Å². The summed E-state index contributed by atoms with van der Waals surface area (Å²) in [6.07, 6.45) is 0.772. The Bertz CT molecular complexity index is 597. The molecule has 1 fully saturated rings. The Balaban J connectivity index is 2.20. The molecular weight excluding hydrogens is 319 g/mol. The lowest BCUT2D eigenvalue weighted by molar-refractivity contribution is 0.0322. The maximum atomic E-state index is 13.3. The van der Waals surface area contributed by atoms with Crippen LogP contribution in [0.5, 0.6) is 0 Å². The van der Waals surface area contributed by atoms with Crippen molar-refractivity contribution in [2.24, 2.45) is 5.92 Å². The van der Waals surface area contributed by atoms with E-state index < -0.39 is 15.8 Å². The molecule has 118 valence electrons. The van der Waals surface area contributed by atoms with E-state index in [0.29, 0.717) is 19.7 Å². The largest absolute Gasteiger partial charge is 0.372 e. The first-order chi connectivity index (χ1) is 9.87. The average Bonchev–Trinajstić information content (AvgIpc) is 2.64. The highest BCUT2D eigenvalue weighted by molar-refractivity contribution is 7.88. The summed E-state index contributed by atoms with van der Waals surface area (Å²) in [5.41, 5.74) is 0.741. The Morgan fingerprint density at radius 2 is 2.29 bits per heavy atom. The van der Waals surface area contributed by atoms with Gasteiger partial charge in [-0.1, -0.05) is 17.7 Å². The molecule has 0 saturated carbocycles. The number of nitrogens with one attached hydrogen (secondary N) is 2. The zero-order chi connectivity index (χ0) is 15.5. The topological polar surface area (TPSA) is 67.4 Å². The van der Waals surface area contributed by atoms with Gasteiger partial charge in [0.1, 0.15) is 5.82 Å². The molecule has 0 unspecified atom stereocenters. The Morgan fingerprint density at radius 1 is 1.52 bits per heavy atom. The second-order valence-electron chi connectivity index (χ2n) is 5.05. The number of hydrogen-bond donors (Lipinski definition) is 2. The van der Waals surface area contributed by atoms with Crippen molar-refractivity contribution < 1.29 is 17.5 Å². The predicted molar refractivity (Wildman–Crippen MR) is 79.3 cm³/mol. The van der Waals surface area contributed by atoms with Gasteiger partial charge in [0.2, 0.25) is 10.0 Å². The first kappa shape index (κ1) is 16.6. The first-order valence-electron chi connectivity index (χ1n) is 6.59. The van der Waals surface area contributed by atoms with Gasteiger partial charge in [0.15, 0.2) is 0 Å². The third kappa shape index (κ3) is 4.89. The number of benzene rings is 1. The SMILES string of the molecule is CS(=O)(=O)NC[C@@H]1CNCCO[C@@H]1c1ccc(F)c(Cl)c1. The Morgan fingerprint density at radius 3 is 2.95 bits per heavy atom. The zero-order valence-corrected chi connectivity index (χ0v) is 13.2. The van der Waals surface area contributed by atoms with Gasteiger partial charge in [-0.2, -0.15) is 0 Å². The third-order valence-electron chi connectivity index (χ3n) is 3.29. The van der Waals surface area contributed by atoms with Gasteiger partial charge in [-0.3, -0.25) is 0 Å². The number of halogens is 2. The Hall–Kier alpha value is -0.730. The number of sulfonamides is 1. The Kier molecular flexibility index (Phi) is 5.56. The molecule has 0 bridgehead atoms. The minimum Gasteiger partial charge on any atom is -0.372 e. The van der Waals surface area contributed by atoms with Gasteiger partial charge in [0.25, 0.3) is 0 Å². The van der Waals surface area contributed by atoms with E-state index in [1.165, 1.54) is 12.1 Å². The molecule has 8 heteroatoms. The molecule has 1 aromatic rings. The van der Waals surface area contributed by atoms with Crippen LogP contribution in [0.4, 0.5) is 4.39 Å². The van der Waals surface area contributed by atoms with E-state index in [1.807, 2.05) is 0 Å². The van der Waals surface area contributed by atoms with Crippen molar-refractivity contribution in [1.82, 2.24) is 10.0 Å². The lowest BCUT2D eigenvalue weighted by Crippen LogP contribution is -2.36. The molecule has 0 radical (unpaired) electrons. The average molecular weight is 337 g/mol. The minimum atomic E-state index is -3.28. The Labute approximate surface area is 128 Å². The molecule has 1 aliphatic rings. The van der Waals surface area contributed by atoms with E-state index >= 15 is 0 Å². The van der Waals surface area contributed by atoms with E-state index in [0.717, 1.165) is 11.8 Å².